The highest BCUT2D eigenvalue weighted by atomic mass is 19.1. The van der Waals surface area contributed by atoms with Gasteiger partial charge in [-0.3, -0.25) is 14.4 Å². The largest absolute Gasteiger partial charge is 0.503 e. The van der Waals surface area contributed by atoms with E-state index in [9.17, 15) is 23.9 Å². The summed E-state index contributed by atoms with van der Waals surface area (Å²) < 4.78 is 14.8. The van der Waals surface area contributed by atoms with Gasteiger partial charge in [-0.15, -0.1) is 0 Å². The maximum atomic E-state index is 13.1. The number of hydrogen-bond acceptors (Lipinski definition) is 5. The van der Waals surface area contributed by atoms with E-state index in [1.165, 1.54) is 12.1 Å². The van der Waals surface area contributed by atoms with E-state index in [-0.39, 0.29) is 35.7 Å². The summed E-state index contributed by atoms with van der Waals surface area (Å²) in [5.74, 6) is -2.12. The summed E-state index contributed by atoms with van der Waals surface area (Å²) in [6.45, 7) is 2.86. The Morgan fingerprint density at radius 3 is 2.55 bits per heavy atom. The van der Waals surface area contributed by atoms with Crippen molar-refractivity contribution in [3.63, 3.8) is 0 Å². The molecule has 1 aromatic carbocycles. The number of rotatable bonds is 5. The molecule has 31 heavy (non-hydrogen) atoms. The Bertz CT molecular complexity index is 1110. The third-order valence-electron chi connectivity index (χ3n) is 6.12. The molecule has 0 bridgehead atoms. The van der Waals surface area contributed by atoms with E-state index in [1.807, 2.05) is 25.9 Å². The first-order chi connectivity index (χ1) is 14.7. The Morgan fingerprint density at radius 2 is 1.94 bits per heavy atom. The molecular formula is C22H25FN4O4. The summed E-state index contributed by atoms with van der Waals surface area (Å²) in [5.41, 5.74) is 0.0780. The Labute approximate surface area is 178 Å². The number of amides is 2. The minimum Gasteiger partial charge on any atom is -0.503 e. The fourth-order valence-electron chi connectivity index (χ4n) is 4.55. The molecule has 2 aromatic rings. The van der Waals surface area contributed by atoms with E-state index < -0.39 is 23.0 Å². The van der Waals surface area contributed by atoms with Gasteiger partial charge in [0.25, 0.3) is 11.8 Å². The number of carbonyl (C=O) groups excluding carboxylic acids is 2. The summed E-state index contributed by atoms with van der Waals surface area (Å²) in [6.07, 6.45) is 0.616. The molecule has 1 aromatic heterocycles. The number of pyridine rings is 1. The standard InChI is InChI=1S/C22H25FN4O4/c1-4-26-11-14-9-15(25(2)3)17-16(19(28)20(29)18(22(26)31)27(14)17)21(30)24-10-12-5-7-13(23)8-6-12/h5-8,14-15,29H,4,9-11H2,1-3H3,(H,24,30)/t14?,15-/m1/s1. The van der Waals surface area contributed by atoms with Crippen molar-refractivity contribution in [1.29, 1.82) is 0 Å². The van der Waals surface area contributed by atoms with Crippen LogP contribution in [0, 0.1) is 5.82 Å². The molecule has 2 aliphatic rings. The molecule has 0 fully saturated rings. The topological polar surface area (TPSA) is 94.9 Å². The summed E-state index contributed by atoms with van der Waals surface area (Å²) in [4.78, 5) is 42.6. The smallest absolute Gasteiger partial charge is 0.274 e. The predicted octanol–water partition coefficient (Wildman–Crippen LogP) is 1.65. The molecule has 164 valence electrons. The minimum atomic E-state index is -0.850. The zero-order valence-corrected chi connectivity index (χ0v) is 17.7. The number of likely N-dealkylation sites (N-methyl/N-ethyl adjacent to an activating group) is 1. The van der Waals surface area contributed by atoms with E-state index in [1.54, 1.807) is 21.6 Å². The van der Waals surface area contributed by atoms with E-state index >= 15 is 0 Å². The van der Waals surface area contributed by atoms with Crippen LogP contribution in [-0.2, 0) is 6.54 Å². The average molecular weight is 428 g/mol. The second-order valence-corrected chi connectivity index (χ2v) is 8.18. The molecule has 0 radical (unpaired) electrons. The molecule has 9 heteroatoms. The second kappa shape index (κ2) is 7.81. The summed E-state index contributed by atoms with van der Waals surface area (Å²) in [7, 11) is 3.71. The number of aromatic nitrogens is 1. The van der Waals surface area contributed by atoms with Gasteiger partial charge in [0, 0.05) is 19.6 Å². The number of hydrogen-bond donors (Lipinski definition) is 2. The zero-order chi connectivity index (χ0) is 22.4. The van der Waals surface area contributed by atoms with Crippen molar-refractivity contribution in [2.75, 3.05) is 27.2 Å². The fourth-order valence-corrected chi connectivity index (χ4v) is 4.55. The van der Waals surface area contributed by atoms with Gasteiger partial charge in [-0.05, 0) is 45.1 Å². The van der Waals surface area contributed by atoms with Crippen LogP contribution in [0.3, 0.4) is 0 Å². The molecule has 2 N–H and O–H groups in total. The molecule has 0 saturated carbocycles. The van der Waals surface area contributed by atoms with Gasteiger partial charge in [0.05, 0.1) is 17.8 Å². The van der Waals surface area contributed by atoms with Crippen LogP contribution in [0.15, 0.2) is 29.1 Å². The van der Waals surface area contributed by atoms with E-state index in [0.29, 0.717) is 30.8 Å². The highest BCUT2D eigenvalue weighted by molar-refractivity contribution is 6.00. The highest BCUT2D eigenvalue weighted by Gasteiger charge is 2.45. The summed E-state index contributed by atoms with van der Waals surface area (Å²) >= 11 is 0. The van der Waals surface area contributed by atoms with Crippen molar-refractivity contribution in [1.82, 2.24) is 19.7 Å². The molecular weight excluding hydrogens is 403 g/mol. The Kier molecular flexibility index (Phi) is 5.30. The second-order valence-electron chi connectivity index (χ2n) is 8.18. The summed E-state index contributed by atoms with van der Waals surface area (Å²) in [5, 5.41) is 13.3. The first kappa shape index (κ1) is 21.0. The van der Waals surface area contributed by atoms with Crippen LogP contribution in [0.1, 0.15) is 57.5 Å². The molecule has 0 spiro atoms. The molecule has 4 rings (SSSR count). The maximum absolute atomic E-state index is 13.1. The third-order valence-corrected chi connectivity index (χ3v) is 6.12. The average Bonchev–Trinajstić information content (AvgIpc) is 3.11. The number of benzene rings is 1. The van der Waals surface area contributed by atoms with Gasteiger partial charge in [-0.1, -0.05) is 12.1 Å². The van der Waals surface area contributed by atoms with Crippen LogP contribution in [0.25, 0.3) is 0 Å². The van der Waals surface area contributed by atoms with Crippen molar-refractivity contribution in [3.8, 4) is 5.75 Å². The number of carbonyl (C=O) groups is 2. The van der Waals surface area contributed by atoms with Gasteiger partial charge in [-0.2, -0.15) is 0 Å². The van der Waals surface area contributed by atoms with Gasteiger partial charge in [0.2, 0.25) is 5.43 Å². The lowest BCUT2D eigenvalue weighted by Gasteiger charge is -2.33. The van der Waals surface area contributed by atoms with Gasteiger partial charge >= 0.3 is 0 Å². The number of halogens is 1. The lowest BCUT2D eigenvalue weighted by atomic mass is 10.0. The van der Waals surface area contributed by atoms with Crippen LogP contribution in [0.2, 0.25) is 0 Å². The first-order valence-corrected chi connectivity index (χ1v) is 10.2. The predicted molar refractivity (Wildman–Crippen MR) is 112 cm³/mol. The molecule has 0 saturated heterocycles. The lowest BCUT2D eigenvalue weighted by molar-refractivity contribution is 0.0673. The molecule has 2 atom stereocenters. The van der Waals surface area contributed by atoms with E-state index in [4.69, 9.17) is 0 Å². The van der Waals surface area contributed by atoms with Crippen molar-refractivity contribution >= 4 is 11.8 Å². The monoisotopic (exact) mass is 428 g/mol. The molecule has 8 nitrogen and oxygen atoms in total. The first-order valence-electron chi connectivity index (χ1n) is 10.2. The maximum Gasteiger partial charge on any atom is 0.274 e. The Balaban J connectivity index is 1.80. The Morgan fingerprint density at radius 1 is 1.26 bits per heavy atom. The molecule has 1 unspecified atom stereocenters. The van der Waals surface area contributed by atoms with Crippen LogP contribution in [-0.4, -0.2) is 58.5 Å². The number of nitrogens with zero attached hydrogens (tertiary/aromatic N) is 3. The highest BCUT2D eigenvalue weighted by Crippen LogP contribution is 2.43. The quantitative estimate of drug-likeness (QED) is 0.755. The van der Waals surface area contributed by atoms with Gasteiger partial charge in [0.1, 0.15) is 11.4 Å². The van der Waals surface area contributed by atoms with Crippen LogP contribution in [0.5, 0.6) is 5.75 Å². The normalized spacial score (nSPS) is 19.6. The minimum absolute atomic E-state index is 0.0439. The van der Waals surface area contributed by atoms with Gasteiger partial charge < -0.3 is 24.8 Å². The summed E-state index contributed by atoms with van der Waals surface area (Å²) in [6, 6.07) is 5.28. The Hall–Kier alpha value is -3.20. The van der Waals surface area contributed by atoms with E-state index in [2.05, 4.69) is 5.32 Å². The van der Waals surface area contributed by atoms with Crippen molar-refractivity contribution in [2.45, 2.75) is 32.0 Å². The molecule has 2 amide bonds. The van der Waals surface area contributed by atoms with Gasteiger partial charge in [-0.25, -0.2) is 4.39 Å². The molecule has 0 aliphatic carbocycles. The lowest BCUT2D eigenvalue weighted by Crippen LogP contribution is -2.44. The molecule has 3 heterocycles. The SMILES string of the molecule is CCN1CC2C[C@@H](N(C)C)c3c(C(=O)NCc4ccc(F)cc4)c(=O)c(O)c(n32)C1=O. The number of aromatic hydroxyl groups is 1. The zero-order valence-electron chi connectivity index (χ0n) is 17.7. The van der Waals surface area contributed by atoms with E-state index in [0.717, 1.165) is 0 Å². The van der Waals surface area contributed by atoms with Crippen LogP contribution >= 0.6 is 0 Å². The van der Waals surface area contributed by atoms with Crippen molar-refractivity contribution < 1.29 is 19.1 Å². The fraction of sp³-hybridized carbons (Fsp3) is 0.409. The van der Waals surface area contributed by atoms with Crippen molar-refractivity contribution in [3.05, 3.63) is 62.8 Å². The van der Waals surface area contributed by atoms with Gasteiger partial charge in [0.15, 0.2) is 11.4 Å². The molecule has 2 aliphatic heterocycles. The van der Waals surface area contributed by atoms with Crippen LogP contribution < -0.4 is 10.7 Å². The number of nitrogens with one attached hydrogen (secondary N) is 1. The van der Waals surface area contributed by atoms with Crippen molar-refractivity contribution in [2.24, 2.45) is 0 Å². The van der Waals surface area contributed by atoms with Crippen LogP contribution in [0.4, 0.5) is 4.39 Å². The third kappa shape index (κ3) is 3.38.